The summed E-state index contributed by atoms with van der Waals surface area (Å²) in [6, 6.07) is 0. The molecule has 0 aliphatic heterocycles. The van der Waals surface area contributed by atoms with Gasteiger partial charge in [0.1, 0.15) is 0 Å². The van der Waals surface area contributed by atoms with E-state index in [0.29, 0.717) is 0 Å². The number of rotatable bonds is 0. The number of hydrogen-bond acceptors (Lipinski definition) is 3. The lowest BCUT2D eigenvalue weighted by Gasteiger charge is -1.82. The van der Waals surface area contributed by atoms with Crippen molar-refractivity contribution in [3.63, 3.8) is 0 Å². The highest BCUT2D eigenvalue weighted by Gasteiger charge is 2.00. The molecule has 0 atom stereocenters. The van der Waals surface area contributed by atoms with Crippen LogP contribution in [0, 0.1) is 11.3 Å². The summed E-state index contributed by atoms with van der Waals surface area (Å²) in [7, 11) is -4.64. The molecule has 0 saturated carbocycles. The van der Waals surface area contributed by atoms with Gasteiger partial charge >= 0.3 is 19.1 Å². The van der Waals surface area contributed by atoms with Gasteiger partial charge in [0.25, 0.3) is 0 Å². The maximum Gasteiger partial charge on any atom is 0.466 e. The summed E-state index contributed by atoms with van der Waals surface area (Å²) in [5.41, 5.74) is 0. The molecule has 0 aromatic carbocycles. The summed E-state index contributed by atoms with van der Waals surface area (Å²) < 4.78 is 24.1. The molecule has 0 radical (unpaired) electrons. The van der Waals surface area contributed by atoms with Crippen LogP contribution in [-0.4, -0.2) is 19.3 Å². The van der Waals surface area contributed by atoms with Gasteiger partial charge in [-0.05, 0) is 0 Å². The highest BCUT2D eigenvalue weighted by atomic mass is 35.6. The van der Waals surface area contributed by atoms with Crippen molar-refractivity contribution in [3.05, 3.63) is 0 Å². The van der Waals surface area contributed by atoms with Crippen LogP contribution in [-0.2, 0) is 4.57 Å². The first-order valence-corrected chi connectivity index (χ1v) is 3.32. The van der Waals surface area contributed by atoms with Crippen molar-refractivity contribution in [2.24, 2.45) is 0 Å². The Morgan fingerprint density at radius 3 is 1.38 bits per heavy atom. The van der Waals surface area contributed by atoms with Gasteiger partial charge in [0.05, 0.1) is 0 Å². The molecular formula is H4ClO6P. The second-order valence-electron chi connectivity index (χ2n) is 0.582. The smallest absolute Gasteiger partial charge is 0.466 e. The summed E-state index contributed by atoms with van der Waals surface area (Å²) in [5.74, 6) is 0. The molecule has 0 aromatic heterocycles. The van der Waals surface area contributed by atoms with Crippen LogP contribution in [0.2, 0.25) is 0 Å². The third-order valence-electron chi connectivity index (χ3n) is 0. The van der Waals surface area contributed by atoms with Gasteiger partial charge in [-0.2, -0.15) is 0 Å². The Hall–Kier alpha value is 0.320. The van der Waals surface area contributed by atoms with Gasteiger partial charge in [0.15, 0.2) is 0 Å². The Kier molecular flexibility index (Phi) is 7.61. The van der Waals surface area contributed by atoms with Crippen LogP contribution >= 0.6 is 7.82 Å². The largest absolute Gasteiger partial charge is 0.506 e. The van der Waals surface area contributed by atoms with E-state index in [9.17, 15) is 0 Å². The van der Waals surface area contributed by atoms with E-state index in [1.807, 2.05) is 0 Å². The summed E-state index contributed by atoms with van der Waals surface area (Å²) in [5, 5.41) is 0. The van der Waals surface area contributed by atoms with E-state index in [0.717, 1.165) is 0 Å². The number of phosphoric acid groups is 1. The molecule has 8 heavy (non-hydrogen) atoms. The van der Waals surface area contributed by atoms with Crippen molar-refractivity contribution in [1.82, 2.24) is 0 Å². The van der Waals surface area contributed by atoms with E-state index in [-0.39, 0.29) is 11.3 Å². The zero-order valence-corrected chi connectivity index (χ0v) is 5.08. The minimum absolute atomic E-state index is 0.167. The fraction of sp³-hybridized carbons (Fsp3) is 0. The van der Waals surface area contributed by atoms with Gasteiger partial charge in [-0.1, -0.05) is 0 Å². The molecular weight excluding hydrogens is 162 g/mol. The summed E-state index contributed by atoms with van der Waals surface area (Å²) in [6.45, 7) is 0. The lowest BCUT2D eigenvalue weighted by atomic mass is 15.8. The van der Waals surface area contributed by atoms with Crippen LogP contribution in [0.4, 0.5) is 0 Å². The highest BCUT2D eigenvalue weighted by Crippen LogP contribution is 2.25. The van der Waals surface area contributed by atoms with Gasteiger partial charge < -0.3 is 19.3 Å². The molecule has 0 aliphatic carbocycles. The van der Waals surface area contributed by atoms with Crippen LogP contribution in [0.5, 0.6) is 0 Å². The third kappa shape index (κ3) is 1750. The van der Waals surface area contributed by atoms with Crippen molar-refractivity contribution >= 4 is 7.82 Å². The first-order chi connectivity index (χ1) is 3.41. The molecule has 52 valence electrons. The van der Waals surface area contributed by atoms with Gasteiger partial charge in [-0.15, -0.1) is 4.66 Å². The van der Waals surface area contributed by atoms with Crippen LogP contribution in [0.15, 0.2) is 0 Å². The van der Waals surface area contributed by atoms with Crippen LogP contribution in [0.1, 0.15) is 0 Å². The van der Waals surface area contributed by atoms with Gasteiger partial charge in [0.2, 0.25) is 0 Å². The van der Waals surface area contributed by atoms with Crippen molar-refractivity contribution < 1.29 is 39.9 Å². The minimum atomic E-state index is -4.64. The highest BCUT2D eigenvalue weighted by molar-refractivity contribution is 7.45. The lowest BCUT2D eigenvalue weighted by molar-refractivity contribution is -1.27. The first-order valence-electron chi connectivity index (χ1n) is 1.11. The zero-order chi connectivity index (χ0) is 7.21. The minimum Gasteiger partial charge on any atom is -0.506 e. The summed E-state index contributed by atoms with van der Waals surface area (Å²) in [6.07, 6.45) is 0. The van der Waals surface area contributed by atoms with Crippen LogP contribution in [0.25, 0.3) is 0 Å². The van der Waals surface area contributed by atoms with Crippen molar-refractivity contribution in [1.29, 1.82) is 0 Å². The van der Waals surface area contributed by atoms with Gasteiger partial charge in [-0.25, -0.2) is 4.57 Å². The monoisotopic (exact) mass is 166 g/mol. The molecule has 0 bridgehead atoms. The number of hydrogen-bond donors (Lipinski definition) is 4. The quantitative estimate of drug-likeness (QED) is 0.291. The Bertz CT molecular complexity index is 64.3. The van der Waals surface area contributed by atoms with E-state index in [4.69, 9.17) is 28.6 Å². The molecule has 6 nitrogen and oxygen atoms in total. The van der Waals surface area contributed by atoms with Crippen LogP contribution < -0.4 is 4.66 Å². The fourth-order valence-corrected chi connectivity index (χ4v) is 0. The molecule has 0 fully saturated rings. The first kappa shape index (κ1) is 11.2. The topological polar surface area (TPSA) is 121 Å². The standard InChI is InChI=1S/ClHO2.H3O4P/c2-1-3;1-5(2,3)4/h2H;(H3,1,2,3,4). The average Bonchev–Trinajstić information content (AvgIpc) is 1.27. The third-order valence-corrected chi connectivity index (χ3v) is 0. The molecule has 4 N–H and O–H groups in total. The zero-order valence-electron chi connectivity index (χ0n) is 3.43. The van der Waals surface area contributed by atoms with E-state index in [1.54, 1.807) is 0 Å². The Balaban J connectivity index is 0. The van der Waals surface area contributed by atoms with Gasteiger partial charge in [-0.3, -0.25) is 0 Å². The molecule has 0 rings (SSSR count). The Morgan fingerprint density at radius 2 is 1.38 bits per heavy atom. The molecule has 0 aliphatic rings. The van der Waals surface area contributed by atoms with E-state index < -0.39 is 7.82 Å². The van der Waals surface area contributed by atoms with Crippen LogP contribution in [0.3, 0.4) is 0 Å². The molecule has 0 spiro atoms. The SMILES string of the molecule is O=P(O)(O)O.[O-][Cl+]O. The second kappa shape index (κ2) is 5.46. The normalized spacial score (nSPS) is 9.62. The molecule has 0 saturated heterocycles. The van der Waals surface area contributed by atoms with Crippen molar-refractivity contribution in [3.8, 4) is 0 Å². The fourth-order valence-electron chi connectivity index (χ4n) is 0. The Morgan fingerprint density at radius 1 is 1.38 bits per heavy atom. The molecule has 0 amide bonds. The molecule has 0 aromatic rings. The molecule has 0 unspecified atom stereocenters. The van der Waals surface area contributed by atoms with Crippen molar-refractivity contribution in [2.75, 3.05) is 0 Å². The lowest BCUT2D eigenvalue weighted by Crippen LogP contribution is -1.94. The molecule has 0 heterocycles. The average molecular weight is 166 g/mol. The predicted molar refractivity (Wildman–Crippen MR) is 16.5 cm³/mol. The van der Waals surface area contributed by atoms with E-state index in [2.05, 4.69) is 0 Å². The maximum atomic E-state index is 8.88. The summed E-state index contributed by atoms with van der Waals surface area (Å²) in [4.78, 5) is 21.6. The van der Waals surface area contributed by atoms with Crippen molar-refractivity contribution in [2.45, 2.75) is 0 Å². The number of halogens is 1. The van der Waals surface area contributed by atoms with E-state index in [1.165, 1.54) is 0 Å². The van der Waals surface area contributed by atoms with E-state index >= 15 is 0 Å². The molecule has 8 heteroatoms. The Labute approximate surface area is 48.7 Å². The predicted octanol–water partition coefficient (Wildman–Crippen LogP) is -2.67. The van der Waals surface area contributed by atoms with Gasteiger partial charge in [0, 0.05) is 0 Å². The maximum absolute atomic E-state index is 8.88. The summed E-state index contributed by atoms with van der Waals surface area (Å²) >= 11 is -0.167. The second-order valence-corrected chi connectivity index (χ2v) is 1.75.